The fourth-order valence-electron chi connectivity index (χ4n) is 1.28. The van der Waals surface area contributed by atoms with Gasteiger partial charge in [0.25, 0.3) is 0 Å². The topological polar surface area (TPSA) is 75.1 Å². The molecule has 0 saturated carbocycles. The van der Waals surface area contributed by atoms with E-state index in [0.717, 1.165) is 5.69 Å². The lowest BCUT2D eigenvalue weighted by Crippen LogP contribution is -2.21. The molecule has 12 heavy (non-hydrogen) atoms. The SMILES string of the molecule is O=C(O)C1NCc2ncncc21. The maximum atomic E-state index is 10.6. The van der Waals surface area contributed by atoms with Crippen molar-refractivity contribution in [1.29, 1.82) is 0 Å². The zero-order valence-electron chi connectivity index (χ0n) is 6.19. The van der Waals surface area contributed by atoms with Crippen molar-refractivity contribution >= 4 is 5.97 Å². The van der Waals surface area contributed by atoms with Gasteiger partial charge in [0.15, 0.2) is 0 Å². The van der Waals surface area contributed by atoms with Crippen LogP contribution in [0.4, 0.5) is 0 Å². The van der Waals surface area contributed by atoms with Gasteiger partial charge in [-0.3, -0.25) is 10.1 Å². The largest absolute Gasteiger partial charge is 0.480 e. The third-order valence-corrected chi connectivity index (χ3v) is 1.86. The number of fused-ring (bicyclic) bond motifs is 1. The molecule has 0 fully saturated rings. The van der Waals surface area contributed by atoms with Crippen LogP contribution >= 0.6 is 0 Å². The van der Waals surface area contributed by atoms with E-state index in [2.05, 4.69) is 15.3 Å². The highest BCUT2D eigenvalue weighted by molar-refractivity contribution is 5.76. The molecule has 2 N–H and O–H groups in total. The van der Waals surface area contributed by atoms with Gasteiger partial charge in [-0.2, -0.15) is 0 Å². The van der Waals surface area contributed by atoms with Gasteiger partial charge >= 0.3 is 5.97 Å². The molecular weight excluding hydrogens is 158 g/mol. The second-order valence-corrected chi connectivity index (χ2v) is 2.58. The van der Waals surface area contributed by atoms with Crippen LogP contribution in [-0.4, -0.2) is 21.0 Å². The first-order chi connectivity index (χ1) is 5.79. The van der Waals surface area contributed by atoms with Crippen LogP contribution in [0.1, 0.15) is 17.3 Å². The molecule has 1 aromatic rings. The molecule has 5 nitrogen and oxygen atoms in total. The van der Waals surface area contributed by atoms with Crippen molar-refractivity contribution in [3.8, 4) is 0 Å². The summed E-state index contributed by atoms with van der Waals surface area (Å²) in [4.78, 5) is 18.4. The van der Waals surface area contributed by atoms with Crippen LogP contribution in [-0.2, 0) is 11.3 Å². The number of carboxylic acids is 1. The molecule has 0 aliphatic carbocycles. The van der Waals surface area contributed by atoms with Crippen molar-refractivity contribution in [3.05, 3.63) is 23.8 Å². The Bertz CT molecular complexity index is 326. The average Bonchev–Trinajstić information content (AvgIpc) is 2.47. The fraction of sp³-hybridized carbons (Fsp3) is 0.286. The molecule has 2 heterocycles. The summed E-state index contributed by atoms with van der Waals surface area (Å²) in [6.07, 6.45) is 2.96. The number of rotatable bonds is 1. The second kappa shape index (κ2) is 2.53. The fourth-order valence-corrected chi connectivity index (χ4v) is 1.28. The highest BCUT2D eigenvalue weighted by Gasteiger charge is 2.28. The van der Waals surface area contributed by atoms with E-state index in [1.165, 1.54) is 6.33 Å². The van der Waals surface area contributed by atoms with Crippen molar-refractivity contribution in [2.75, 3.05) is 0 Å². The lowest BCUT2D eigenvalue weighted by Gasteiger charge is -2.03. The van der Waals surface area contributed by atoms with Crippen molar-refractivity contribution in [1.82, 2.24) is 15.3 Å². The first-order valence-corrected chi connectivity index (χ1v) is 3.54. The maximum absolute atomic E-state index is 10.6. The number of nitrogens with zero attached hydrogens (tertiary/aromatic N) is 2. The van der Waals surface area contributed by atoms with Crippen LogP contribution in [0.2, 0.25) is 0 Å². The molecule has 2 rings (SSSR count). The summed E-state index contributed by atoms with van der Waals surface area (Å²) in [5.41, 5.74) is 1.45. The maximum Gasteiger partial charge on any atom is 0.325 e. The Balaban J connectivity index is 2.42. The normalized spacial score (nSPS) is 20.5. The molecule has 0 aromatic carbocycles. The molecule has 0 spiro atoms. The van der Waals surface area contributed by atoms with Crippen LogP contribution in [0.5, 0.6) is 0 Å². The molecule has 1 unspecified atom stereocenters. The Hall–Kier alpha value is -1.49. The number of hydrogen-bond acceptors (Lipinski definition) is 4. The lowest BCUT2D eigenvalue weighted by atomic mass is 10.1. The van der Waals surface area contributed by atoms with Crippen LogP contribution in [0.15, 0.2) is 12.5 Å². The van der Waals surface area contributed by atoms with Gasteiger partial charge < -0.3 is 5.11 Å². The van der Waals surface area contributed by atoms with Gasteiger partial charge in [0.2, 0.25) is 0 Å². The third-order valence-electron chi connectivity index (χ3n) is 1.86. The Morgan fingerprint density at radius 1 is 1.75 bits per heavy atom. The predicted octanol–water partition coefficient (Wildman–Crippen LogP) is -0.295. The highest BCUT2D eigenvalue weighted by atomic mass is 16.4. The minimum Gasteiger partial charge on any atom is -0.480 e. The summed E-state index contributed by atoms with van der Waals surface area (Å²) >= 11 is 0. The van der Waals surface area contributed by atoms with Crippen molar-refractivity contribution in [2.24, 2.45) is 0 Å². The van der Waals surface area contributed by atoms with Crippen LogP contribution in [0, 0.1) is 0 Å². The zero-order chi connectivity index (χ0) is 8.55. The third kappa shape index (κ3) is 0.947. The highest BCUT2D eigenvalue weighted by Crippen LogP contribution is 2.21. The van der Waals surface area contributed by atoms with Gasteiger partial charge in [-0.15, -0.1) is 0 Å². The molecule has 0 saturated heterocycles. The minimum absolute atomic E-state index is 0.509. The summed E-state index contributed by atoms with van der Waals surface area (Å²) in [5.74, 6) is -0.886. The molecule has 5 heteroatoms. The van der Waals surface area contributed by atoms with Crippen LogP contribution in [0.25, 0.3) is 0 Å². The minimum atomic E-state index is -0.886. The van der Waals surface area contributed by atoms with Crippen molar-refractivity contribution < 1.29 is 9.90 Å². The summed E-state index contributed by atoms with van der Waals surface area (Å²) < 4.78 is 0. The van der Waals surface area contributed by atoms with Gasteiger partial charge in [-0.1, -0.05) is 0 Å². The Kier molecular flexibility index (Phi) is 1.51. The van der Waals surface area contributed by atoms with Gasteiger partial charge in [-0.05, 0) is 0 Å². The van der Waals surface area contributed by atoms with Gasteiger partial charge in [0.05, 0.1) is 5.69 Å². The first-order valence-electron chi connectivity index (χ1n) is 3.54. The van der Waals surface area contributed by atoms with E-state index in [4.69, 9.17) is 5.11 Å². The quantitative estimate of drug-likeness (QED) is 0.597. The first kappa shape index (κ1) is 7.17. The molecule has 0 radical (unpaired) electrons. The molecule has 1 aromatic heterocycles. The monoisotopic (exact) mass is 165 g/mol. The number of aliphatic carboxylic acids is 1. The van der Waals surface area contributed by atoms with E-state index in [9.17, 15) is 4.79 Å². The standard InChI is InChI=1S/C7H7N3O2/c11-7(12)6-4-1-8-3-10-5(4)2-9-6/h1,3,6,9H,2H2,(H,11,12). The summed E-state index contributed by atoms with van der Waals surface area (Å²) in [5, 5.41) is 11.6. The number of carboxylic acid groups (broad SMARTS) is 1. The van der Waals surface area contributed by atoms with Crippen molar-refractivity contribution in [3.63, 3.8) is 0 Å². The summed E-state index contributed by atoms with van der Waals surface area (Å²) in [6, 6.07) is -0.638. The number of carbonyl (C=O) groups is 1. The van der Waals surface area contributed by atoms with Gasteiger partial charge in [0.1, 0.15) is 12.4 Å². The zero-order valence-corrected chi connectivity index (χ0v) is 6.19. The summed E-state index contributed by atoms with van der Waals surface area (Å²) in [6.45, 7) is 0.509. The summed E-state index contributed by atoms with van der Waals surface area (Å²) in [7, 11) is 0. The average molecular weight is 165 g/mol. The van der Waals surface area contributed by atoms with Crippen molar-refractivity contribution in [2.45, 2.75) is 12.6 Å². The second-order valence-electron chi connectivity index (χ2n) is 2.58. The predicted molar refractivity (Wildman–Crippen MR) is 39.2 cm³/mol. The van der Waals surface area contributed by atoms with E-state index < -0.39 is 12.0 Å². The Morgan fingerprint density at radius 2 is 2.58 bits per heavy atom. The Morgan fingerprint density at radius 3 is 3.33 bits per heavy atom. The molecule has 62 valence electrons. The molecule has 1 aliphatic heterocycles. The van der Waals surface area contributed by atoms with E-state index in [0.29, 0.717) is 12.1 Å². The molecule has 1 atom stereocenters. The Labute approximate surface area is 68.5 Å². The van der Waals surface area contributed by atoms with Crippen LogP contribution in [0.3, 0.4) is 0 Å². The van der Waals surface area contributed by atoms with Crippen LogP contribution < -0.4 is 5.32 Å². The van der Waals surface area contributed by atoms with Gasteiger partial charge in [-0.25, -0.2) is 9.97 Å². The van der Waals surface area contributed by atoms with E-state index in [1.54, 1.807) is 6.20 Å². The number of hydrogen-bond donors (Lipinski definition) is 2. The smallest absolute Gasteiger partial charge is 0.325 e. The molecular formula is C7H7N3O2. The molecule has 1 aliphatic rings. The van der Waals surface area contributed by atoms with Gasteiger partial charge in [0, 0.05) is 18.3 Å². The van der Waals surface area contributed by atoms with E-state index in [1.807, 2.05) is 0 Å². The van der Waals surface area contributed by atoms with E-state index >= 15 is 0 Å². The number of aromatic nitrogens is 2. The van der Waals surface area contributed by atoms with E-state index in [-0.39, 0.29) is 0 Å². The number of nitrogens with one attached hydrogen (secondary N) is 1. The molecule has 0 bridgehead atoms. The molecule has 0 amide bonds. The lowest BCUT2D eigenvalue weighted by molar-refractivity contribution is -0.139.